The van der Waals surface area contributed by atoms with Gasteiger partial charge in [0.05, 0.1) is 23.2 Å². The first-order valence-electron chi connectivity index (χ1n) is 11.4. The summed E-state index contributed by atoms with van der Waals surface area (Å²) in [7, 11) is -3.58. The van der Waals surface area contributed by atoms with Crippen LogP contribution in [0.15, 0.2) is 77.3 Å². The Morgan fingerprint density at radius 3 is 2.60 bits per heavy atom. The van der Waals surface area contributed by atoms with E-state index in [9.17, 15) is 8.42 Å². The molecule has 0 saturated heterocycles. The standard InChI is InChI=1S/C27H26N4O3S/c1-17(2)22-13-12-18(3)24-26(22)34-27(29-24)23-15-28-30-25(23)20-10-7-11-21(14-20)31-35(32,33)16-19-8-5-4-6-9-19/h4-15,17,31H,16H2,1-3H3,(H,28,30). The van der Waals surface area contributed by atoms with Gasteiger partial charge in [0.2, 0.25) is 15.9 Å². The Hall–Kier alpha value is -3.91. The summed E-state index contributed by atoms with van der Waals surface area (Å²) in [6.07, 6.45) is 1.68. The molecule has 0 aliphatic carbocycles. The number of nitrogens with one attached hydrogen (secondary N) is 2. The second kappa shape index (κ2) is 9.03. The van der Waals surface area contributed by atoms with E-state index in [1.54, 1.807) is 36.5 Å². The number of fused-ring (bicyclic) bond motifs is 1. The number of aryl methyl sites for hydroxylation is 1. The van der Waals surface area contributed by atoms with E-state index in [2.05, 4.69) is 40.9 Å². The molecule has 2 N–H and O–H groups in total. The van der Waals surface area contributed by atoms with E-state index in [0.717, 1.165) is 33.4 Å². The number of hydrogen-bond donors (Lipinski definition) is 2. The molecule has 2 heterocycles. The van der Waals surface area contributed by atoms with Gasteiger partial charge in [-0.2, -0.15) is 5.10 Å². The second-order valence-electron chi connectivity index (χ2n) is 8.91. The van der Waals surface area contributed by atoms with Crippen LogP contribution in [0.5, 0.6) is 0 Å². The number of aromatic amines is 1. The summed E-state index contributed by atoms with van der Waals surface area (Å²) < 4.78 is 34.4. The molecular formula is C27H26N4O3S. The number of oxazole rings is 1. The first-order chi connectivity index (χ1) is 16.8. The zero-order valence-corrected chi connectivity index (χ0v) is 20.6. The number of aromatic nitrogens is 3. The van der Waals surface area contributed by atoms with Gasteiger partial charge >= 0.3 is 0 Å². The van der Waals surface area contributed by atoms with Gasteiger partial charge in [0.15, 0.2) is 5.58 Å². The molecule has 8 heteroatoms. The number of hydrogen-bond acceptors (Lipinski definition) is 5. The van der Waals surface area contributed by atoms with Crippen LogP contribution in [0.25, 0.3) is 33.8 Å². The third-order valence-electron chi connectivity index (χ3n) is 5.89. The van der Waals surface area contributed by atoms with Gasteiger partial charge in [-0.05, 0) is 41.7 Å². The summed E-state index contributed by atoms with van der Waals surface area (Å²) in [5.74, 6) is 0.659. The van der Waals surface area contributed by atoms with Crippen molar-refractivity contribution in [3.05, 3.63) is 89.6 Å². The van der Waals surface area contributed by atoms with Crippen molar-refractivity contribution in [2.45, 2.75) is 32.4 Å². The number of rotatable bonds is 7. The molecular weight excluding hydrogens is 460 g/mol. The Labute approximate surface area is 204 Å². The fraction of sp³-hybridized carbons (Fsp3) is 0.185. The lowest BCUT2D eigenvalue weighted by molar-refractivity contribution is 0.600. The van der Waals surface area contributed by atoms with Gasteiger partial charge in [-0.3, -0.25) is 9.82 Å². The summed E-state index contributed by atoms with van der Waals surface area (Å²) in [5.41, 5.74) is 7.12. The number of nitrogens with zero attached hydrogens (tertiary/aromatic N) is 2. The summed E-state index contributed by atoms with van der Waals surface area (Å²) in [4.78, 5) is 4.77. The van der Waals surface area contributed by atoms with Crippen LogP contribution in [0.2, 0.25) is 0 Å². The molecule has 0 fully saturated rings. The lowest BCUT2D eigenvalue weighted by atomic mass is 10.0. The SMILES string of the molecule is Cc1ccc(C(C)C)c2oc(-c3cn[nH]c3-c3cccc(NS(=O)(=O)Cc4ccccc4)c3)nc12. The number of sulfonamides is 1. The van der Waals surface area contributed by atoms with E-state index >= 15 is 0 Å². The molecule has 0 saturated carbocycles. The highest BCUT2D eigenvalue weighted by Gasteiger charge is 2.20. The minimum absolute atomic E-state index is 0.103. The molecule has 5 rings (SSSR count). The molecule has 0 aliphatic heterocycles. The van der Waals surface area contributed by atoms with Crippen LogP contribution in [0, 0.1) is 6.92 Å². The fourth-order valence-corrected chi connectivity index (χ4v) is 5.33. The monoisotopic (exact) mass is 486 g/mol. The Kier molecular flexibility index (Phi) is 5.90. The molecule has 0 bridgehead atoms. The Morgan fingerprint density at radius 1 is 1.03 bits per heavy atom. The van der Waals surface area contributed by atoms with Gasteiger partial charge < -0.3 is 4.42 Å². The highest BCUT2D eigenvalue weighted by atomic mass is 32.2. The van der Waals surface area contributed by atoms with Crippen LogP contribution < -0.4 is 4.72 Å². The van der Waals surface area contributed by atoms with Crippen molar-refractivity contribution in [1.82, 2.24) is 15.2 Å². The molecule has 2 aromatic heterocycles. The summed E-state index contributed by atoms with van der Waals surface area (Å²) in [6, 6.07) is 20.4. The smallest absolute Gasteiger partial charge is 0.236 e. The van der Waals surface area contributed by atoms with Crippen molar-refractivity contribution in [3.63, 3.8) is 0 Å². The Morgan fingerprint density at radius 2 is 1.83 bits per heavy atom. The van der Waals surface area contributed by atoms with Crippen molar-refractivity contribution in [2.75, 3.05) is 4.72 Å². The molecule has 0 radical (unpaired) electrons. The van der Waals surface area contributed by atoms with E-state index in [0.29, 0.717) is 28.8 Å². The van der Waals surface area contributed by atoms with E-state index in [-0.39, 0.29) is 5.75 Å². The molecule has 5 aromatic rings. The van der Waals surface area contributed by atoms with Gasteiger partial charge in [0.1, 0.15) is 5.52 Å². The third kappa shape index (κ3) is 4.70. The molecule has 3 aromatic carbocycles. The maximum Gasteiger partial charge on any atom is 0.236 e. The maximum atomic E-state index is 12.7. The van der Waals surface area contributed by atoms with Crippen LogP contribution in [-0.2, 0) is 15.8 Å². The van der Waals surface area contributed by atoms with Crippen molar-refractivity contribution in [2.24, 2.45) is 0 Å². The molecule has 0 amide bonds. The van der Waals surface area contributed by atoms with Crippen LogP contribution in [-0.4, -0.2) is 23.6 Å². The van der Waals surface area contributed by atoms with Crippen molar-refractivity contribution in [1.29, 1.82) is 0 Å². The topological polar surface area (TPSA) is 101 Å². The highest BCUT2D eigenvalue weighted by Crippen LogP contribution is 2.36. The minimum atomic E-state index is -3.58. The van der Waals surface area contributed by atoms with Crippen LogP contribution >= 0.6 is 0 Å². The van der Waals surface area contributed by atoms with Crippen molar-refractivity contribution in [3.8, 4) is 22.7 Å². The first kappa shape index (κ1) is 22.9. The zero-order chi connectivity index (χ0) is 24.6. The van der Waals surface area contributed by atoms with Gasteiger partial charge in [-0.15, -0.1) is 0 Å². The molecule has 0 aliphatic rings. The number of anilines is 1. The summed E-state index contributed by atoms with van der Waals surface area (Å²) in [6.45, 7) is 6.26. The lowest BCUT2D eigenvalue weighted by Crippen LogP contribution is -2.15. The van der Waals surface area contributed by atoms with Gasteiger partial charge in [-0.25, -0.2) is 13.4 Å². The first-order valence-corrected chi connectivity index (χ1v) is 13.0. The van der Waals surface area contributed by atoms with Crippen LogP contribution in [0.1, 0.15) is 36.5 Å². The van der Waals surface area contributed by atoms with E-state index in [1.165, 1.54) is 0 Å². The molecule has 178 valence electrons. The predicted octanol–water partition coefficient (Wildman–Crippen LogP) is 6.26. The highest BCUT2D eigenvalue weighted by molar-refractivity contribution is 7.91. The Balaban J connectivity index is 1.48. The van der Waals surface area contributed by atoms with Gasteiger partial charge in [0, 0.05) is 11.3 Å². The van der Waals surface area contributed by atoms with Crippen molar-refractivity contribution < 1.29 is 12.8 Å². The average Bonchev–Trinajstić information content (AvgIpc) is 3.47. The largest absolute Gasteiger partial charge is 0.436 e. The van der Waals surface area contributed by atoms with E-state index in [1.807, 2.05) is 31.2 Å². The van der Waals surface area contributed by atoms with E-state index < -0.39 is 10.0 Å². The van der Waals surface area contributed by atoms with Gasteiger partial charge in [0.25, 0.3) is 0 Å². The maximum absolute atomic E-state index is 12.7. The van der Waals surface area contributed by atoms with Crippen LogP contribution in [0.3, 0.4) is 0 Å². The minimum Gasteiger partial charge on any atom is -0.436 e. The molecule has 0 unspecified atom stereocenters. The lowest BCUT2D eigenvalue weighted by Gasteiger charge is -2.10. The molecule has 7 nitrogen and oxygen atoms in total. The van der Waals surface area contributed by atoms with Crippen LogP contribution in [0.4, 0.5) is 5.69 Å². The van der Waals surface area contributed by atoms with Gasteiger partial charge in [-0.1, -0.05) is 68.4 Å². The average molecular weight is 487 g/mol. The second-order valence-corrected chi connectivity index (χ2v) is 10.6. The number of benzene rings is 3. The number of H-pyrrole nitrogens is 1. The van der Waals surface area contributed by atoms with E-state index in [4.69, 9.17) is 9.40 Å². The quantitative estimate of drug-likeness (QED) is 0.283. The summed E-state index contributed by atoms with van der Waals surface area (Å²) in [5, 5.41) is 7.24. The molecule has 0 atom stereocenters. The normalized spacial score (nSPS) is 11.9. The Bertz CT molecular complexity index is 1600. The third-order valence-corrected chi connectivity index (χ3v) is 7.15. The zero-order valence-electron chi connectivity index (χ0n) is 19.7. The van der Waals surface area contributed by atoms with Crippen molar-refractivity contribution >= 4 is 26.8 Å². The molecule has 35 heavy (non-hydrogen) atoms. The summed E-state index contributed by atoms with van der Waals surface area (Å²) >= 11 is 0. The predicted molar refractivity (Wildman–Crippen MR) is 139 cm³/mol. The fourth-order valence-electron chi connectivity index (χ4n) is 4.14. The molecule has 0 spiro atoms.